The van der Waals surface area contributed by atoms with Crippen LogP contribution in [0.2, 0.25) is 0 Å². The number of nitrogens with one attached hydrogen (secondary N) is 1. The van der Waals surface area contributed by atoms with Crippen LogP contribution in [-0.2, 0) is 18.8 Å². The molecule has 2 saturated heterocycles. The minimum absolute atomic E-state index is 0.0622. The predicted octanol–water partition coefficient (Wildman–Crippen LogP) is 6.35. The standard InChI is InChI=1S/C38H46BN3O5/c1-22(2)34(41-36(44)45-7)35(43)42-18-8-9-31(42)30-20-27(21-40-30)23-10-12-24(13-11-23)28-16-17-29(33-26-15-14-25(19-26)32(28)33)39-46-37(3,4)38(5,6)47-39/h10-17,21-22,25-26,31,34H,8-9,18-20H2,1-7H3,(H,41,44)/t25?,26?,31-,34+/m0/s1. The Balaban J connectivity index is 1.08. The Morgan fingerprint density at radius 2 is 1.64 bits per heavy atom. The van der Waals surface area contributed by atoms with Crippen molar-refractivity contribution < 1.29 is 23.6 Å². The summed E-state index contributed by atoms with van der Waals surface area (Å²) in [5, 5.41) is 2.73. The van der Waals surface area contributed by atoms with Gasteiger partial charge in [-0.25, -0.2) is 4.79 Å². The Morgan fingerprint density at radius 1 is 0.979 bits per heavy atom. The zero-order chi connectivity index (χ0) is 33.2. The second-order valence-corrected chi connectivity index (χ2v) is 15.0. The fourth-order valence-electron chi connectivity index (χ4n) is 7.97. The Bertz CT molecular complexity index is 1680. The second-order valence-electron chi connectivity index (χ2n) is 15.0. The summed E-state index contributed by atoms with van der Waals surface area (Å²) in [6, 6.07) is 12.6. The van der Waals surface area contributed by atoms with E-state index in [9.17, 15) is 9.59 Å². The van der Waals surface area contributed by atoms with Gasteiger partial charge in [0.1, 0.15) is 6.04 Å². The van der Waals surface area contributed by atoms with Gasteiger partial charge in [0.15, 0.2) is 0 Å². The number of hydrogen-bond acceptors (Lipinski definition) is 6. The number of ether oxygens (including phenoxy) is 1. The number of nitrogens with zero attached hydrogens (tertiary/aromatic N) is 2. The van der Waals surface area contributed by atoms with Gasteiger partial charge in [0.25, 0.3) is 0 Å². The third-order valence-corrected chi connectivity index (χ3v) is 11.3. The van der Waals surface area contributed by atoms with Crippen LogP contribution in [-0.4, -0.2) is 66.7 Å². The lowest BCUT2D eigenvalue weighted by Gasteiger charge is -2.32. The van der Waals surface area contributed by atoms with Crippen LogP contribution in [0, 0.1) is 5.92 Å². The van der Waals surface area contributed by atoms with E-state index in [1.54, 1.807) is 0 Å². The van der Waals surface area contributed by atoms with Gasteiger partial charge in [0, 0.05) is 36.7 Å². The van der Waals surface area contributed by atoms with Gasteiger partial charge < -0.3 is 24.3 Å². The summed E-state index contributed by atoms with van der Waals surface area (Å²) in [7, 11) is 0.947. The maximum atomic E-state index is 13.6. The van der Waals surface area contributed by atoms with Crippen LogP contribution in [0.3, 0.4) is 0 Å². The largest absolute Gasteiger partial charge is 0.495 e. The van der Waals surface area contributed by atoms with Crippen LogP contribution < -0.4 is 10.8 Å². The molecule has 4 atom stereocenters. The Labute approximate surface area is 278 Å². The molecule has 3 heterocycles. The van der Waals surface area contributed by atoms with Crippen molar-refractivity contribution in [3.63, 3.8) is 0 Å². The van der Waals surface area contributed by atoms with Crippen LogP contribution in [0.1, 0.15) is 95.8 Å². The lowest BCUT2D eigenvalue weighted by atomic mass is 9.71. The first-order valence-corrected chi connectivity index (χ1v) is 17.1. The fraction of sp³-hybridized carbons (Fsp3) is 0.500. The van der Waals surface area contributed by atoms with Crippen LogP contribution in [0.5, 0.6) is 0 Å². The van der Waals surface area contributed by atoms with Crippen molar-refractivity contribution in [1.82, 2.24) is 10.2 Å². The normalized spacial score (nSPS) is 25.7. The summed E-state index contributed by atoms with van der Waals surface area (Å²) in [5.74, 6) is 0.675. The van der Waals surface area contributed by atoms with Gasteiger partial charge in [0.05, 0.1) is 24.4 Å². The first kappa shape index (κ1) is 31.9. The first-order valence-electron chi connectivity index (χ1n) is 17.1. The number of hydrogen-bond donors (Lipinski definition) is 1. The molecular weight excluding hydrogens is 589 g/mol. The maximum absolute atomic E-state index is 13.6. The summed E-state index contributed by atoms with van der Waals surface area (Å²) in [4.78, 5) is 32.3. The molecular formula is C38H46BN3O5. The number of alkyl carbamates (subject to hydrolysis) is 1. The zero-order valence-electron chi connectivity index (χ0n) is 28.6. The van der Waals surface area contributed by atoms with E-state index < -0.39 is 12.1 Å². The average Bonchev–Trinajstić information content (AvgIpc) is 3.88. The summed E-state index contributed by atoms with van der Waals surface area (Å²) in [6.45, 7) is 13.0. The molecule has 2 aliphatic carbocycles. The highest BCUT2D eigenvalue weighted by Crippen LogP contribution is 2.52. The number of benzene rings is 2. The molecule has 8 nitrogen and oxygen atoms in total. The molecule has 0 spiro atoms. The number of methoxy groups -OCH3 is 1. The summed E-state index contributed by atoms with van der Waals surface area (Å²) in [6.07, 6.45) is 9.70. The van der Waals surface area contributed by atoms with Crippen molar-refractivity contribution in [3.05, 3.63) is 71.4 Å². The zero-order valence-corrected chi connectivity index (χ0v) is 28.6. The molecule has 5 aliphatic rings. The summed E-state index contributed by atoms with van der Waals surface area (Å²) < 4.78 is 17.8. The van der Waals surface area contributed by atoms with Crippen molar-refractivity contribution in [2.75, 3.05) is 13.7 Å². The molecule has 47 heavy (non-hydrogen) atoms. The lowest BCUT2D eigenvalue weighted by Crippen LogP contribution is -2.53. The van der Waals surface area contributed by atoms with Crippen LogP contribution in [0.25, 0.3) is 16.7 Å². The van der Waals surface area contributed by atoms with E-state index in [2.05, 4.69) is 81.6 Å². The quantitative estimate of drug-likeness (QED) is 0.283. The number of carbonyl (C=O) groups is 2. The molecule has 2 fully saturated rings. The number of fused-ring (bicyclic) bond motifs is 5. The molecule has 2 aromatic carbocycles. The van der Waals surface area contributed by atoms with E-state index >= 15 is 0 Å². The van der Waals surface area contributed by atoms with E-state index in [0.717, 1.165) is 41.6 Å². The Kier molecular flexibility index (Phi) is 7.99. The molecule has 0 saturated carbocycles. The SMILES string of the molecule is COC(=O)N[C@@H](C(=O)N1CCC[C@H]1C1=NC=C(c2ccc(-c3ccc(B4OC(C)(C)C(C)(C)O4)c4c3C3C=CC4C3)cc2)C1)C(C)C. The van der Waals surface area contributed by atoms with E-state index in [1.165, 1.54) is 29.4 Å². The van der Waals surface area contributed by atoms with Gasteiger partial charge in [0.2, 0.25) is 5.91 Å². The summed E-state index contributed by atoms with van der Waals surface area (Å²) in [5.41, 5.74) is 8.99. The highest BCUT2D eigenvalue weighted by molar-refractivity contribution is 6.62. The topological polar surface area (TPSA) is 89.5 Å². The molecule has 1 N–H and O–H groups in total. The molecule has 3 aliphatic heterocycles. The van der Waals surface area contributed by atoms with Crippen molar-refractivity contribution in [2.24, 2.45) is 10.9 Å². The van der Waals surface area contributed by atoms with Crippen molar-refractivity contribution >= 4 is 35.9 Å². The highest BCUT2D eigenvalue weighted by atomic mass is 16.7. The first-order chi connectivity index (χ1) is 22.4. The number of allylic oxidation sites excluding steroid dienone is 3. The van der Waals surface area contributed by atoms with Gasteiger partial charge in [-0.1, -0.05) is 62.4 Å². The van der Waals surface area contributed by atoms with Crippen molar-refractivity contribution in [1.29, 1.82) is 0 Å². The third-order valence-electron chi connectivity index (χ3n) is 11.3. The molecule has 9 heteroatoms. The molecule has 2 bridgehead atoms. The Morgan fingerprint density at radius 3 is 2.30 bits per heavy atom. The van der Waals surface area contributed by atoms with Crippen LogP contribution in [0.4, 0.5) is 4.79 Å². The smallest absolute Gasteiger partial charge is 0.453 e. The fourth-order valence-corrected chi connectivity index (χ4v) is 7.97. The molecule has 0 aromatic heterocycles. The molecule has 2 amide bonds. The third kappa shape index (κ3) is 5.45. The van der Waals surface area contributed by atoms with E-state index in [0.29, 0.717) is 24.8 Å². The van der Waals surface area contributed by atoms with E-state index in [-0.39, 0.29) is 36.2 Å². The number of rotatable bonds is 7. The molecule has 7 rings (SSSR count). The second kappa shape index (κ2) is 11.8. The molecule has 246 valence electrons. The minimum atomic E-state index is -0.636. The number of carbonyl (C=O) groups excluding carboxylic acids is 2. The number of amides is 2. The van der Waals surface area contributed by atoms with Gasteiger partial charge in [-0.2, -0.15) is 0 Å². The number of likely N-dealkylation sites (tertiary alicyclic amines) is 1. The van der Waals surface area contributed by atoms with Gasteiger partial charge >= 0.3 is 13.2 Å². The van der Waals surface area contributed by atoms with Gasteiger partial charge in [-0.3, -0.25) is 9.79 Å². The monoisotopic (exact) mass is 635 g/mol. The molecule has 2 unspecified atom stereocenters. The average molecular weight is 636 g/mol. The summed E-state index contributed by atoms with van der Waals surface area (Å²) >= 11 is 0. The van der Waals surface area contributed by atoms with E-state index in [1.807, 2.05) is 24.9 Å². The van der Waals surface area contributed by atoms with Crippen molar-refractivity contribution in [3.8, 4) is 11.1 Å². The minimum Gasteiger partial charge on any atom is -0.453 e. The molecule has 0 radical (unpaired) electrons. The van der Waals surface area contributed by atoms with Crippen molar-refractivity contribution in [2.45, 2.75) is 102 Å². The van der Waals surface area contributed by atoms with Gasteiger partial charge in [-0.05, 0) is 91.7 Å². The maximum Gasteiger partial charge on any atom is 0.495 e. The number of aliphatic imine (C=N–C) groups is 1. The Hall–Kier alpha value is -3.69. The lowest BCUT2D eigenvalue weighted by molar-refractivity contribution is -0.134. The molecule has 2 aromatic rings. The van der Waals surface area contributed by atoms with Crippen LogP contribution in [0.15, 0.2) is 59.7 Å². The highest BCUT2D eigenvalue weighted by Gasteiger charge is 2.53. The van der Waals surface area contributed by atoms with Gasteiger partial charge in [-0.15, -0.1) is 0 Å². The predicted molar refractivity (Wildman–Crippen MR) is 186 cm³/mol. The van der Waals surface area contributed by atoms with Crippen LogP contribution >= 0.6 is 0 Å². The van der Waals surface area contributed by atoms with E-state index in [4.69, 9.17) is 19.0 Å².